The van der Waals surface area contributed by atoms with Crippen molar-refractivity contribution in [1.82, 2.24) is 0 Å². The molecular formula is C6H17NO6P2. The Morgan fingerprint density at radius 3 is 1.87 bits per heavy atom. The quantitative estimate of drug-likeness (QED) is 0.246. The second-order valence-corrected chi connectivity index (χ2v) is 4.33. The summed E-state index contributed by atoms with van der Waals surface area (Å²) in [5.74, 6) is -1.85. The van der Waals surface area contributed by atoms with Gasteiger partial charge in [0.15, 0.2) is 0 Å². The Morgan fingerprint density at radius 2 is 1.53 bits per heavy atom. The number of nitrogens with two attached hydrogens (primary N) is 1. The topological polar surface area (TPSA) is 125 Å². The summed E-state index contributed by atoms with van der Waals surface area (Å²) in [6, 6.07) is 0. The van der Waals surface area contributed by atoms with Gasteiger partial charge in [-0.2, -0.15) is 0 Å². The van der Waals surface area contributed by atoms with E-state index in [1.54, 1.807) is 0 Å². The highest BCUT2D eigenvalue weighted by Gasteiger charge is 2.33. The zero-order chi connectivity index (χ0) is 11.9. The number of hydrogen-bond acceptors (Lipinski definition) is 7. The lowest BCUT2D eigenvalue weighted by atomic mass is 10.2. The minimum atomic E-state index is -2.70. The molecule has 0 aromatic rings. The minimum absolute atomic E-state index is 0.154. The molecule has 0 spiro atoms. The third-order valence-electron chi connectivity index (χ3n) is 1.60. The maximum Gasteiger partial charge on any atom is 0.330 e. The van der Waals surface area contributed by atoms with Crippen LogP contribution in [-0.4, -0.2) is 25.5 Å². The Hall–Kier alpha value is 0.580. The molecule has 0 bridgehead atoms. The first-order valence-corrected chi connectivity index (χ1v) is 6.75. The molecule has 7 nitrogen and oxygen atoms in total. The van der Waals surface area contributed by atoms with Crippen LogP contribution in [0.15, 0.2) is 0 Å². The summed E-state index contributed by atoms with van der Waals surface area (Å²) in [5.41, 5.74) is 5.49. The third kappa shape index (κ3) is 8.39. The first kappa shape index (κ1) is 15.6. The summed E-state index contributed by atoms with van der Waals surface area (Å²) in [7, 11) is -5.40. The maximum atomic E-state index is 8.64. The van der Waals surface area contributed by atoms with Gasteiger partial charge < -0.3 is 19.6 Å². The van der Waals surface area contributed by atoms with Gasteiger partial charge in [-0.15, -0.1) is 0 Å². The van der Waals surface area contributed by atoms with Gasteiger partial charge in [-0.1, -0.05) is 19.8 Å². The molecule has 0 aromatic heterocycles. The molecule has 0 rings (SSSR count). The summed E-state index contributed by atoms with van der Waals surface area (Å²) in [6.07, 6.45) is 2.57. The smallest absolute Gasteiger partial charge is 0.328 e. The molecule has 0 amide bonds. The van der Waals surface area contributed by atoms with Crippen molar-refractivity contribution in [3.63, 3.8) is 0 Å². The monoisotopic (exact) mass is 261 g/mol. The van der Waals surface area contributed by atoms with E-state index < -0.39 is 23.1 Å². The summed E-state index contributed by atoms with van der Waals surface area (Å²) in [6.45, 7) is 1.98. The fourth-order valence-corrected chi connectivity index (χ4v) is 1.87. The predicted octanol–water partition coefficient (Wildman–Crippen LogP) is 0.635. The molecule has 92 valence electrons. The number of unbranched alkanes of at least 4 members (excludes halogenated alkanes) is 2. The van der Waals surface area contributed by atoms with Gasteiger partial charge in [0.1, 0.15) is 0 Å². The summed E-state index contributed by atoms with van der Waals surface area (Å²) in [5, 5.41) is 0. The predicted molar refractivity (Wildman–Crippen MR) is 55.9 cm³/mol. The lowest BCUT2D eigenvalue weighted by Crippen LogP contribution is -2.43. The van der Waals surface area contributed by atoms with E-state index in [0.717, 1.165) is 12.8 Å². The first-order chi connectivity index (χ1) is 6.89. The average molecular weight is 261 g/mol. The Labute approximate surface area is 90.8 Å². The van der Waals surface area contributed by atoms with Crippen LogP contribution in [0.25, 0.3) is 0 Å². The molecule has 0 atom stereocenters. The van der Waals surface area contributed by atoms with E-state index in [9.17, 15) is 0 Å². The summed E-state index contributed by atoms with van der Waals surface area (Å²) < 4.78 is 9.05. The Balaban J connectivity index is 4.14. The molecule has 0 fully saturated rings. The van der Waals surface area contributed by atoms with Gasteiger partial charge in [0.25, 0.3) is 0 Å². The molecule has 0 unspecified atom stereocenters. The van der Waals surface area contributed by atoms with Crippen LogP contribution < -0.4 is 5.73 Å². The van der Waals surface area contributed by atoms with Crippen molar-refractivity contribution < 1.29 is 28.6 Å². The van der Waals surface area contributed by atoms with Crippen LogP contribution in [0.1, 0.15) is 32.6 Å². The average Bonchev–Trinajstić information content (AvgIpc) is 2.00. The number of hydrogen-bond donors (Lipinski definition) is 5. The molecule has 0 heterocycles. The SMILES string of the molecule is CCCCCC(N)(OP(O)O)OP(O)O. The molecular weight excluding hydrogens is 244 g/mol. The Bertz CT molecular complexity index is 160. The van der Waals surface area contributed by atoms with E-state index in [4.69, 9.17) is 25.3 Å². The fourth-order valence-electron chi connectivity index (χ4n) is 1.01. The van der Waals surface area contributed by atoms with Crippen molar-refractivity contribution in [2.24, 2.45) is 5.73 Å². The first-order valence-electron chi connectivity index (χ1n) is 4.42. The van der Waals surface area contributed by atoms with Crippen molar-refractivity contribution in [3.05, 3.63) is 0 Å². The van der Waals surface area contributed by atoms with Crippen molar-refractivity contribution in [1.29, 1.82) is 0 Å². The van der Waals surface area contributed by atoms with Gasteiger partial charge in [-0.05, 0) is 6.42 Å². The van der Waals surface area contributed by atoms with Gasteiger partial charge >= 0.3 is 17.2 Å². The van der Waals surface area contributed by atoms with Gasteiger partial charge in [0.2, 0.25) is 5.91 Å². The van der Waals surface area contributed by atoms with Crippen molar-refractivity contribution in [2.75, 3.05) is 0 Å². The van der Waals surface area contributed by atoms with Crippen LogP contribution in [0.5, 0.6) is 0 Å². The highest BCUT2D eigenvalue weighted by molar-refractivity contribution is 7.40. The maximum absolute atomic E-state index is 8.64. The van der Waals surface area contributed by atoms with Crippen LogP contribution in [0.2, 0.25) is 0 Å². The number of rotatable bonds is 8. The summed E-state index contributed by atoms with van der Waals surface area (Å²) >= 11 is 0. The van der Waals surface area contributed by atoms with Crippen molar-refractivity contribution >= 4 is 17.2 Å². The molecule has 0 aliphatic carbocycles. The Morgan fingerprint density at radius 1 is 1.07 bits per heavy atom. The molecule has 15 heavy (non-hydrogen) atoms. The van der Waals surface area contributed by atoms with Gasteiger partial charge in [0, 0.05) is 6.42 Å². The highest BCUT2D eigenvalue weighted by atomic mass is 31.2. The zero-order valence-corrected chi connectivity index (χ0v) is 10.2. The van der Waals surface area contributed by atoms with Crippen molar-refractivity contribution in [3.8, 4) is 0 Å². The molecule has 0 saturated heterocycles. The van der Waals surface area contributed by atoms with Gasteiger partial charge in [-0.3, -0.25) is 14.8 Å². The largest absolute Gasteiger partial charge is 0.330 e. The van der Waals surface area contributed by atoms with E-state index >= 15 is 0 Å². The lowest BCUT2D eigenvalue weighted by Gasteiger charge is -2.28. The molecule has 0 aromatic carbocycles. The van der Waals surface area contributed by atoms with E-state index in [1.165, 1.54) is 0 Å². The van der Waals surface area contributed by atoms with Crippen LogP contribution in [0.3, 0.4) is 0 Å². The lowest BCUT2D eigenvalue weighted by molar-refractivity contribution is -0.125. The minimum Gasteiger partial charge on any atom is -0.328 e. The van der Waals surface area contributed by atoms with E-state index in [2.05, 4.69) is 9.05 Å². The van der Waals surface area contributed by atoms with Crippen LogP contribution in [0.4, 0.5) is 0 Å². The van der Waals surface area contributed by atoms with Crippen LogP contribution >= 0.6 is 17.2 Å². The second kappa shape index (κ2) is 7.79. The molecule has 0 aliphatic rings. The van der Waals surface area contributed by atoms with Crippen LogP contribution in [-0.2, 0) is 9.05 Å². The van der Waals surface area contributed by atoms with Crippen LogP contribution in [0, 0.1) is 0 Å². The molecule has 6 N–H and O–H groups in total. The van der Waals surface area contributed by atoms with E-state index in [0.29, 0.717) is 6.42 Å². The Kier molecular flexibility index (Phi) is 8.09. The van der Waals surface area contributed by atoms with E-state index in [-0.39, 0.29) is 6.42 Å². The summed E-state index contributed by atoms with van der Waals surface area (Å²) in [4.78, 5) is 34.6. The zero-order valence-electron chi connectivity index (χ0n) is 8.41. The molecule has 0 radical (unpaired) electrons. The highest BCUT2D eigenvalue weighted by Crippen LogP contribution is 2.40. The van der Waals surface area contributed by atoms with E-state index in [1.807, 2.05) is 6.92 Å². The standard InChI is InChI=1S/C6H17NO6P2/c1-2-3-4-5-6(7,12-14(8)9)13-15(10)11/h8-11H,2-5,7H2,1H3. The second-order valence-electron chi connectivity index (χ2n) is 2.96. The fraction of sp³-hybridized carbons (Fsp3) is 1.00. The van der Waals surface area contributed by atoms with Gasteiger partial charge in [0.05, 0.1) is 0 Å². The molecule has 0 aliphatic heterocycles. The van der Waals surface area contributed by atoms with Crippen molar-refractivity contribution in [2.45, 2.75) is 38.5 Å². The normalized spacial score (nSPS) is 12.8. The molecule has 9 heteroatoms. The van der Waals surface area contributed by atoms with Gasteiger partial charge in [-0.25, -0.2) is 0 Å². The third-order valence-corrected chi connectivity index (χ3v) is 2.55. The molecule has 0 saturated carbocycles.